The normalized spacial score (nSPS) is 11.6. The largest absolute Gasteiger partial charge is 0.481 e. The average molecular weight is 401 g/mol. The smallest absolute Gasteiger partial charge is 0.308 e. The Hall–Kier alpha value is -3.56. The summed E-state index contributed by atoms with van der Waals surface area (Å²) >= 11 is 1.51. The first-order valence-electron chi connectivity index (χ1n) is 9.24. The molecule has 4 aromatic rings. The molecule has 0 bridgehead atoms. The first-order chi connectivity index (χ1) is 14.2. The molecule has 1 atom stereocenters. The molecule has 0 unspecified atom stereocenters. The number of H-pyrrole nitrogens is 1. The van der Waals surface area contributed by atoms with Crippen LogP contribution in [0.2, 0.25) is 0 Å². The fourth-order valence-corrected chi connectivity index (χ4v) is 3.73. The number of thiophene rings is 1. The van der Waals surface area contributed by atoms with E-state index in [1.807, 2.05) is 66.7 Å². The Labute approximate surface area is 172 Å². The number of hydrogen-bond acceptors (Lipinski definition) is 4. The maximum absolute atomic E-state index is 11.7. The lowest BCUT2D eigenvalue weighted by atomic mass is 10.1. The van der Waals surface area contributed by atoms with E-state index in [9.17, 15) is 9.90 Å². The summed E-state index contributed by atoms with van der Waals surface area (Å²) in [4.78, 5) is 20.3. The van der Waals surface area contributed by atoms with Crippen LogP contribution >= 0.6 is 11.3 Å². The van der Waals surface area contributed by atoms with E-state index in [1.54, 1.807) is 0 Å². The van der Waals surface area contributed by atoms with Gasteiger partial charge in [-0.2, -0.15) is 0 Å². The summed E-state index contributed by atoms with van der Waals surface area (Å²) in [6.07, 6.45) is 0.336. The van der Waals surface area contributed by atoms with Crippen LogP contribution in [0.3, 0.4) is 0 Å². The quantitative estimate of drug-likeness (QED) is 0.419. The minimum absolute atomic E-state index is 0.318. The zero-order valence-electron chi connectivity index (χ0n) is 15.6. The second-order valence-corrected chi connectivity index (χ2v) is 7.68. The van der Waals surface area contributed by atoms with Crippen molar-refractivity contribution >= 4 is 33.3 Å². The predicted molar refractivity (Wildman–Crippen MR) is 116 cm³/mol. The maximum atomic E-state index is 11.7. The Bertz CT molecular complexity index is 1150. The van der Waals surface area contributed by atoms with E-state index >= 15 is 0 Å². The third-order valence-electron chi connectivity index (χ3n) is 4.46. The van der Waals surface area contributed by atoms with Crippen LogP contribution < -0.4 is 5.32 Å². The molecule has 0 aliphatic heterocycles. The number of imidazole rings is 1. The lowest BCUT2D eigenvalue weighted by Gasteiger charge is -2.11. The molecule has 2 aromatic carbocycles. The zero-order chi connectivity index (χ0) is 20.1. The van der Waals surface area contributed by atoms with Gasteiger partial charge < -0.3 is 15.4 Å². The summed E-state index contributed by atoms with van der Waals surface area (Å²) in [5.41, 5.74) is 2.73. The predicted octanol–water partition coefficient (Wildman–Crippen LogP) is 4.38. The Morgan fingerprint density at radius 2 is 1.86 bits per heavy atom. The number of anilines is 1. The van der Waals surface area contributed by atoms with Crippen LogP contribution in [0, 0.1) is 17.8 Å². The number of carboxylic acids is 1. The first kappa shape index (κ1) is 18.8. The second kappa shape index (κ2) is 8.63. The molecule has 3 N–H and O–H groups in total. The van der Waals surface area contributed by atoms with Crippen molar-refractivity contribution in [1.29, 1.82) is 0 Å². The Morgan fingerprint density at radius 3 is 2.66 bits per heavy atom. The van der Waals surface area contributed by atoms with Gasteiger partial charge in [-0.25, -0.2) is 4.98 Å². The third kappa shape index (κ3) is 4.84. The number of para-hydroxylation sites is 2. The fourth-order valence-electron chi connectivity index (χ4n) is 2.96. The standard InChI is InChI=1S/C23H19N3O2S/c27-23(28)17(14-21-25-19-8-4-5-9-20(19)26-21)15-24-22-13-12-18(29-22)11-10-16-6-2-1-3-7-16/h1-9,12-13,17,24H,14-15H2,(H,25,26)(H,27,28)/t17-/m0/s1. The molecule has 0 radical (unpaired) electrons. The van der Waals surface area contributed by atoms with Crippen LogP contribution in [0.25, 0.3) is 11.0 Å². The summed E-state index contributed by atoms with van der Waals surface area (Å²) in [5.74, 6) is 5.52. The molecule has 29 heavy (non-hydrogen) atoms. The highest BCUT2D eigenvalue weighted by Crippen LogP contribution is 2.22. The van der Waals surface area contributed by atoms with Crippen LogP contribution in [0.1, 0.15) is 16.3 Å². The molecule has 0 aliphatic rings. The van der Waals surface area contributed by atoms with Crippen molar-refractivity contribution in [2.45, 2.75) is 6.42 Å². The molecule has 0 saturated carbocycles. The van der Waals surface area contributed by atoms with Crippen molar-refractivity contribution in [2.75, 3.05) is 11.9 Å². The number of aromatic nitrogens is 2. The minimum Gasteiger partial charge on any atom is -0.481 e. The molecule has 0 aliphatic carbocycles. The SMILES string of the molecule is O=C(O)[C@H](CNc1ccc(C#Cc2ccccc2)s1)Cc1nc2ccccc2[nH]1. The number of benzene rings is 2. The highest BCUT2D eigenvalue weighted by atomic mass is 32.1. The van der Waals surface area contributed by atoms with Gasteiger partial charge in [0.1, 0.15) is 5.82 Å². The second-order valence-electron chi connectivity index (χ2n) is 6.60. The van der Waals surface area contributed by atoms with E-state index < -0.39 is 11.9 Å². The monoisotopic (exact) mass is 401 g/mol. The molecule has 4 rings (SSSR count). The van der Waals surface area contributed by atoms with Crippen LogP contribution in [-0.2, 0) is 11.2 Å². The fraction of sp³-hybridized carbons (Fsp3) is 0.130. The molecule has 0 saturated heterocycles. The summed E-state index contributed by atoms with van der Waals surface area (Å²) in [7, 11) is 0. The number of rotatable bonds is 6. The number of carboxylic acid groups (broad SMARTS) is 1. The van der Waals surface area contributed by atoms with Crippen molar-refractivity contribution < 1.29 is 9.90 Å². The Balaban J connectivity index is 1.39. The minimum atomic E-state index is -0.849. The van der Waals surface area contributed by atoms with Gasteiger partial charge in [-0.15, -0.1) is 11.3 Å². The first-order valence-corrected chi connectivity index (χ1v) is 10.1. The molecule has 6 heteroatoms. The van der Waals surface area contributed by atoms with Crippen molar-refractivity contribution in [3.8, 4) is 11.8 Å². The number of nitrogens with one attached hydrogen (secondary N) is 2. The van der Waals surface area contributed by atoms with Gasteiger partial charge in [0.15, 0.2) is 0 Å². The van der Waals surface area contributed by atoms with Gasteiger partial charge in [0.05, 0.1) is 26.8 Å². The van der Waals surface area contributed by atoms with Gasteiger partial charge in [-0.3, -0.25) is 4.79 Å². The van der Waals surface area contributed by atoms with Gasteiger partial charge >= 0.3 is 5.97 Å². The lowest BCUT2D eigenvalue weighted by molar-refractivity contribution is -0.141. The zero-order valence-corrected chi connectivity index (χ0v) is 16.4. The number of aliphatic carboxylic acids is 1. The molecule has 0 amide bonds. The average Bonchev–Trinajstić information content (AvgIpc) is 3.36. The molecule has 2 aromatic heterocycles. The van der Waals surface area contributed by atoms with Crippen molar-refractivity contribution in [3.63, 3.8) is 0 Å². The summed E-state index contributed by atoms with van der Waals surface area (Å²) < 4.78 is 0. The molecular weight excluding hydrogens is 382 g/mol. The molecule has 0 spiro atoms. The highest BCUT2D eigenvalue weighted by Gasteiger charge is 2.20. The maximum Gasteiger partial charge on any atom is 0.308 e. The van der Waals surface area contributed by atoms with E-state index in [0.717, 1.165) is 26.5 Å². The number of hydrogen-bond donors (Lipinski definition) is 3. The summed E-state index contributed by atoms with van der Waals surface area (Å²) in [5, 5.41) is 13.7. The number of aromatic amines is 1. The van der Waals surface area contributed by atoms with Crippen molar-refractivity contribution in [3.05, 3.63) is 83.0 Å². The molecule has 2 heterocycles. The van der Waals surface area contributed by atoms with Crippen LogP contribution in [-0.4, -0.2) is 27.6 Å². The van der Waals surface area contributed by atoms with Gasteiger partial charge in [-0.05, 0) is 36.4 Å². The molecule has 0 fully saturated rings. The van der Waals surface area contributed by atoms with Crippen molar-refractivity contribution in [2.24, 2.45) is 5.92 Å². The lowest BCUT2D eigenvalue weighted by Crippen LogP contribution is -2.25. The van der Waals surface area contributed by atoms with Crippen LogP contribution in [0.15, 0.2) is 66.7 Å². The van der Waals surface area contributed by atoms with Gasteiger partial charge in [-0.1, -0.05) is 42.2 Å². The number of nitrogens with zero attached hydrogens (tertiary/aromatic N) is 1. The molecule has 5 nitrogen and oxygen atoms in total. The number of carbonyl (C=O) groups is 1. The molecular formula is C23H19N3O2S. The summed E-state index contributed by atoms with van der Waals surface area (Å²) in [6, 6.07) is 21.4. The topological polar surface area (TPSA) is 78.0 Å². The summed E-state index contributed by atoms with van der Waals surface area (Å²) in [6.45, 7) is 0.318. The van der Waals surface area contributed by atoms with Crippen LogP contribution in [0.4, 0.5) is 5.00 Å². The van der Waals surface area contributed by atoms with Gasteiger partial charge in [0, 0.05) is 18.5 Å². The van der Waals surface area contributed by atoms with Crippen molar-refractivity contribution in [1.82, 2.24) is 9.97 Å². The Kier molecular flexibility index (Phi) is 5.59. The van der Waals surface area contributed by atoms with E-state index in [-0.39, 0.29) is 0 Å². The number of fused-ring (bicyclic) bond motifs is 1. The van der Waals surface area contributed by atoms with Crippen LogP contribution in [0.5, 0.6) is 0 Å². The highest BCUT2D eigenvalue weighted by molar-refractivity contribution is 7.16. The van der Waals surface area contributed by atoms with E-state index in [4.69, 9.17) is 0 Å². The van der Waals surface area contributed by atoms with E-state index in [0.29, 0.717) is 18.8 Å². The third-order valence-corrected chi connectivity index (χ3v) is 5.42. The van der Waals surface area contributed by atoms with E-state index in [2.05, 4.69) is 27.1 Å². The van der Waals surface area contributed by atoms with Gasteiger partial charge in [0.25, 0.3) is 0 Å². The van der Waals surface area contributed by atoms with E-state index in [1.165, 1.54) is 11.3 Å². The van der Waals surface area contributed by atoms with Gasteiger partial charge in [0.2, 0.25) is 0 Å². The molecule has 144 valence electrons. The Morgan fingerprint density at radius 1 is 1.07 bits per heavy atom.